The van der Waals surface area contributed by atoms with Gasteiger partial charge in [-0.1, -0.05) is 48.0 Å². The van der Waals surface area contributed by atoms with Gasteiger partial charge >= 0.3 is 0 Å². The summed E-state index contributed by atoms with van der Waals surface area (Å²) in [6.07, 6.45) is 0. The van der Waals surface area contributed by atoms with Crippen LogP contribution in [0.4, 0.5) is 5.69 Å². The molecule has 3 rings (SSSR count). The molecule has 122 valence electrons. The van der Waals surface area contributed by atoms with E-state index < -0.39 is 5.91 Å². The van der Waals surface area contributed by atoms with Gasteiger partial charge in [0.25, 0.3) is 5.91 Å². The van der Waals surface area contributed by atoms with Crippen LogP contribution in [0.2, 0.25) is 5.02 Å². The first-order chi connectivity index (χ1) is 11.5. The first kappa shape index (κ1) is 16.3. The van der Waals surface area contributed by atoms with Crippen LogP contribution in [-0.4, -0.2) is 18.4 Å². The topological polar surface area (TPSA) is 46.6 Å². The van der Waals surface area contributed by atoms with Crippen molar-refractivity contribution < 1.29 is 14.3 Å². The number of amides is 2. The largest absolute Gasteiger partial charge is 0.492 e. The van der Waals surface area contributed by atoms with Crippen molar-refractivity contribution in [3.8, 4) is 0 Å². The highest BCUT2D eigenvalue weighted by Crippen LogP contribution is 2.42. The Balaban J connectivity index is 2.29. The predicted octanol–water partition coefficient (Wildman–Crippen LogP) is 4.14. The molecule has 1 aliphatic heterocycles. The molecule has 0 aromatic heterocycles. The lowest BCUT2D eigenvalue weighted by molar-refractivity contribution is -0.122. The summed E-state index contributed by atoms with van der Waals surface area (Å²) >= 11 is 6.05. The Kier molecular flexibility index (Phi) is 4.40. The van der Waals surface area contributed by atoms with Gasteiger partial charge in [0.05, 0.1) is 17.9 Å². The maximum atomic E-state index is 12.9. The summed E-state index contributed by atoms with van der Waals surface area (Å²) in [6, 6.07) is 14.5. The van der Waals surface area contributed by atoms with E-state index in [0.717, 1.165) is 10.5 Å². The monoisotopic (exact) mass is 341 g/mol. The number of fused-ring (bicyclic) bond motifs is 1. The van der Waals surface area contributed by atoms with E-state index >= 15 is 0 Å². The van der Waals surface area contributed by atoms with E-state index in [1.807, 2.05) is 37.3 Å². The quantitative estimate of drug-likeness (QED) is 0.622. The van der Waals surface area contributed by atoms with Crippen molar-refractivity contribution in [2.45, 2.75) is 13.8 Å². The lowest BCUT2D eigenvalue weighted by Gasteiger charge is -2.13. The number of carbonyl (C=O) groups excluding carboxylic acids is 2. The number of halogens is 1. The summed E-state index contributed by atoms with van der Waals surface area (Å²) in [5.74, 6) is -0.287. The van der Waals surface area contributed by atoms with Crippen molar-refractivity contribution in [2.24, 2.45) is 0 Å². The van der Waals surface area contributed by atoms with E-state index in [9.17, 15) is 9.59 Å². The highest BCUT2D eigenvalue weighted by molar-refractivity contribution is 6.43. The highest BCUT2D eigenvalue weighted by atomic mass is 35.5. The third-order valence-corrected chi connectivity index (χ3v) is 3.99. The predicted molar refractivity (Wildman–Crippen MR) is 94.5 cm³/mol. The molecule has 0 unspecified atom stereocenters. The minimum atomic E-state index is -0.396. The Labute approximate surface area is 145 Å². The minimum absolute atomic E-state index is 0.359. The molecule has 2 amide bonds. The van der Waals surface area contributed by atoms with Crippen LogP contribution in [0.5, 0.6) is 0 Å². The average Bonchev–Trinajstić information content (AvgIpc) is 2.84. The summed E-state index contributed by atoms with van der Waals surface area (Å²) in [5, 5.41) is 0.465. The maximum Gasteiger partial charge on any atom is 0.269 e. The van der Waals surface area contributed by atoms with Crippen molar-refractivity contribution in [1.82, 2.24) is 0 Å². The van der Waals surface area contributed by atoms with E-state index in [2.05, 4.69) is 0 Å². The second-order valence-corrected chi connectivity index (χ2v) is 5.76. The third-order valence-electron chi connectivity index (χ3n) is 3.75. The molecule has 1 aliphatic rings. The molecule has 0 radical (unpaired) electrons. The zero-order valence-electron chi connectivity index (χ0n) is 13.4. The minimum Gasteiger partial charge on any atom is -0.492 e. The fraction of sp³-hybridized carbons (Fsp3) is 0.158. The molecule has 0 spiro atoms. The lowest BCUT2D eigenvalue weighted by atomic mass is 10.0. The molecular weight excluding hydrogens is 326 g/mol. The van der Waals surface area contributed by atoms with Crippen LogP contribution >= 0.6 is 11.6 Å². The number of imide groups is 1. The zero-order chi connectivity index (χ0) is 17.3. The first-order valence-electron chi connectivity index (χ1n) is 7.62. The second kappa shape index (κ2) is 6.49. The molecule has 0 N–H and O–H groups in total. The van der Waals surface area contributed by atoms with Crippen molar-refractivity contribution in [3.63, 3.8) is 0 Å². The van der Waals surface area contributed by atoms with Crippen LogP contribution in [0.3, 0.4) is 0 Å². The Morgan fingerprint density at radius 3 is 2.50 bits per heavy atom. The van der Waals surface area contributed by atoms with Crippen LogP contribution in [0, 0.1) is 0 Å². The summed E-state index contributed by atoms with van der Waals surface area (Å²) in [5.41, 5.74) is 2.30. The average molecular weight is 342 g/mol. The van der Waals surface area contributed by atoms with Gasteiger partial charge in [0, 0.05) is 23.1 Å². The number of benzene rings is 2. The van der Waals surface area contributed by atoms with Gasteiger partial charge in [0.15, 0.2) is 0 Å². The smallest absolute Gasteiger partial charge is 0.269 e. The molecule has 24 heavy (non-hydrogen) atoms. The lowest BCUT2D eigenvalue weighted by Crippen LogP contribution is -2.31. The second-order valence-electron chi connectivity index (χ2n) is 5.32. The Hall–Kier alpha value is -2.59. The molecule has 0 saturated heterocycles. The number of carbonyl (C=O) groups is 2. The third kappa shape index (κ3) is 2.69. The molecule has 0 bridgehead atoms. The molecule has 0 fully saturated rings. The van der Waals surface area contributed by atoms with Crippen LogP contribution in [0.25, 0.3) is 11.3 Å². The summed E-state index contributed by atoms with van der Waals surface area (Å²) < 4.78 is 5.79. The first-order valence-corrected chi connectivity index (χ1v) is 7.99. The van der Waals surface area contributed by atoms with E-state index in [0.29, 0.717) is 34.2 Å². The fourth-order valence-corrected chi connectivity index (χ4v) is 2.97. The summed E-state index contributed by atoms with van der Waals surface area (Å²) in [4.78, 5) is 26.1. The summed E-state index contributed by atoms with van der Waals surface area (Å²) in [6.45, 7) is 3.62. The number of anilines is 1. The Bertz CT molecular complexity index is 843. The number of nitrogens with zero attached hydrogens (tertiary/aromatic N) is 1. The van der Waals surface area contributed by atoms with E-state index in [1.54, 1.807) is 18.2 Å². The number of hydrogen-bond acceptors (Lipinski definition) is 3. The van der Waals surface area contributed by atoms with E-state index in [4.69, 9.17) is 16.3 Å². The molecule has 2 aromatic rings. The highest BCUT2D eigenvalue weighted by Gasteiger charge is 2.38. The van der Waals surface area contributed by atoms with Gasteiger partial charge in [0.1, 0.15) is 5.76 Å². The SMILES string of the molecule is CCO/C(=C1\C(=O)N(C(C)=O)c2cc(Cl)ccc21)c1ccccc1. The van der Waals surface area contributed by atoms with Gasteiger partial charge < -0.3 is 4.74 Å². The van der Waals surface area contributed by atoms with Crippen LogP contribution in [0.1, 0.15) is 25.0 Å². The molecule has 5 heteroatoms. The van der Waals surface area contributed by atoms with Crippen LogP contribution in [-0.2, 0) is 14.3 Å². The van der Waals surface area contributed by atoms with Crippen molar-refractivity contribution in [3.05, 3.63) is 64.7 Å². The summed E-state index contributed by atoms with van der Waals surface area (Å²) in [7, 11) is 0. The maximum absolute atomic E-state index is 12.9. The van der Waals surface area contributed by atoms with E-state index in [-0.39, 0.29) is 5.91 Å². The van der Waals surface area contributed by atoms with Gasteiger partial charge in [-0.2, -0.15) is 0 Å². The fourth-order valence-electron chi connectivity index (χ4n) is 2.80. The molecule has 2 aromatic carbocycles. The van der Waals surface area contributed by atoms with Crippen molar-refractivity contribution in [2.75, 3.05) is 11.5 Å². The number of ether oxygens (including phenoxy) is 1. The van der Waals surface area contributed by atoms with Crippen LogP contribution in [0.15, 0.2) is 48.5 Å². The van der Waals surface area contributed by atoms with Gasteiger partial charge in [-0.3, -0.25) is 9.59 Å². The molecular formula is C19H16ClNO3. The Morgan fingerprint density at radius 2 is 1.88 bits per heavy atom. The van der Waals surface area contributed by atoms with Crippen molar-refractivity contribution in [1.29, 1.82) is 0 Å². The van der Waals surface area contributed by atoms with Gasteiger partial charge in [-0.15, -0.1) is 0 Å². The van der Waals surface area contributed by atoms with Gasteiger partial charge in [-0.25, -0.2) is 4.90 Å². The van der Waals surface area contributed by atoms with Gasteiger partial charge in [0.2, 0.25) is 5.91 Å². The molecule has 0 aliphatic carbocycles. The number of rotatable bonds is 3. The zero-order valence-corrected chi connectivity index (χ0v) is 14.1. The standard InChI is InChI=1S/C19H16ClNO3/c1-3-24-18(13-7-5-4-6-8-13)17-15-10-9-14(20)11-16(15)21(12(2)22)19(17)23/h4-11H,3H2,1-2H3/b18-17-. The van der Waals surface area contributed by atoms with E-state index in [1.165, 1.54) is 6.92 Å². The molecule has 0 atom stereocenters. The van der Waals surface area contributed by atoms with Gasteiger partial charge in [-0.05, 0) is 19.1 Å². The molecule has 0 saturated carbocycles. The Morgan fingerprint density at radius 1 is 1.17 bits per heavy atom. The van der Waals surface area contributed by atoms with Crippen molar-refractivity contribution >= 4 is 40.4 Å². The normalized spacial score (nSPS) is 15.3. The molecule has 1 heterocycles. The number of hydrogen-bond donors (Lipinski definition) is 0. The molecule has 4 nitrogen and oxygen atoms in total. The van der Waals surface area contributed by atoms with Crippen LogP contribution < -0.4 is 4.90 Å².